The second-order valence-electron chi connectivity index (χ2n) is 13.3. The topological polar surface area (TPSA) is 72.8 Å². The van der Waals surface area contributed by atoms with Crippen LogP contribution in [0.2, 0.25) is 0 Å². The Morgan fingerprint density at radius 1 is 0.426 bits per heavy atom. The summed E-state index contributed by atoms with van der Waals surface area (Å²) < 4.78 is 10.6. The van der Waals surface area contributed by atoms with E-state index in [-0.39, 0.29) is 31.6 Å². The fourth-order valence-corrected chi connectivity index (χ4v) is 5.14. The van der Waals surface area contributed by atoms with Gasteiger partial charge in [0.2, 0.25) is 0 Å². The first-order chi connectivity index (χ1) is 26.6. The van der Waals surface area contributed by atoms with Gasteiger partial charge in [-0.05, 0) is 96.3 Å². The first kappa shape index (κ1) is 50.3. The van der Waals surface area contributed by atoms with Crippen LogP contribution in [0.1, 0.15) is 155 Å². The van der Waals surface area contributed by atoms with Crippen molar-refractivity contribution < 1.29 is 24.2 Å². The van der Waals surface area contributed by atoms with Gasteiger partial charge < -0.3 is 14.6 Å². The highest BCUT2D eigenvalue weighted by Gasteiger charge is 2.15. The fourth-order valence-electron chi connectivity index (χ4n) is 5.14. The molecule has 0 aromatic rings. The number of allylic oxidation sites excluding steroid dienone is 20. The molecule has 0 aliphatic rings. The van der Waals surface area contributed by atoms with Gasteiger partial charge in [0.25, 0.3) is 0 Å². The minimum atomic E-state index is -0.815. The molecule has 0 rings (SSSR count). The van der Waals surface area contributed by atoms with Crippen molar-refractivity contribution in [1.29, 1.82) is 0 Å². The standard InChI is InChI=1S/C49H76O5/c1-3-5-7-9-11-13-15-17-19-21-22-23-24-25-26-28-30-32-34-36-38-40-42-44-49(52)54-47(45-50)46-53-48(51)43-41-39-37-35-33-31-29-27-20-18-16-14-12-10-8-6-4-2/h5-8,11-14,17-20,22-23,25-26,30,32,36,38,47,50H,3-4,9-10,15-16,21,24,27-29,31,33-35,37,39-46H2,1-2H3/b7-5-,8-6-,13-11-,14-12-,19-17-,20-18-,23-22-,26-25-,32-30-,38-36-. The number of carbonyl (C=O) groups excluding carboxylic acids is 2. The molecule has 0 aliphatic carbocycles. The maximum Gasteiger partial charge on any atom is 0.306 e. The summed E-state index contributed by atoms with van der Waals surface area (Å²) in [5.74, 6) is -0.685. The number of aliphatic hydroxyl groups excluding tert-OH is 1. The van der Waals surface area contributed by atoms with Gasteiger partial charge in [-0.25, -0.2) is 0 Å². The lowest BCUT2D eigenvalue weighted by Crippen LogP contribution is -2.28. The molecule has 0 radical (unpaired) electrons. The van der Waals surface area contributed by atoms with Crippen LogP contribution in [0.3, 0.4) is 0 Å². The number of rotatable bonds is 36. The maximum absolute atomic E-state index is 12.2. The molecule has 0 aliphatic heterocycles. The number of ether oxygens (including phenoxy) is 2. The van der Waals surface area contributed by atoms with E-state index in [9.17, 15) is 14.7 Å². The summed E-state index contributed by atoms with van der Waals surface area (Å²) in [6.07, 6.45) is 64.1. The molecule has 0 bridgehead atoms. The van der Waals surface area contributed by atoms with Crippen molar-refractivity contribution in [1.82, 2.24) is 0 Å². The number of esters is 2. The molecule has 5 nitrogen and oxygen atoms in total. The van der Waals surface area contributed by atoms with Crippen LogP contribution in [0, 0.1) is 0 Å². The van der Waals surface area contributed by atoms with Crippen molar-refractivity contribution >= 4 is 11.9 Å². The Balaban J connectivity index is 3.73. The highest BCUT2D eigenvalue weighted by Crippen LogP contribution is 2.11. The van der Waals surface area contributed by atoms with Crippen molar-refractivity contribution in [2.75, 3.05) is 13.2 Å². The second-order valence-corrected chi connectivity index (χ2v) is 13.3. The van der Waals surface area contributed by atoms with Gasteiger partial charge in [0.15, 0.2) is 6.10 Å². The van der Waals surface area contributed by atoms with E-state index in [0.717, 1.165) is 96.3 Å². The van der Waals surface area contributed by atoms with Crippen LogP contribution in [0.25, 0.3) is 0 Å². The predicted octanol–water partition coefficient (Wildman–Crippen LogP) is 13.6. The first-order valence-electron chi connectivity index (χ1n) is 21.1. The molecule has 1 atom stereocenters. The van der Waals surface area contributed by atoms with E-state index in [1.54, 1.807) is 0 Å². The Hall–Kier alpha value is -3.70. The molecular formula is C49H76O5. The molecule has 0 heterocycles. The minimum Gasteiger partial charge on any atom is -0.462 e. The van der Waals surface area contributed by atoms with Crippen LogP contribution in [0.5, 0.6) is 0 Å². The van der Waals surface area contributed by atoms with Crippen LogP contribution in [0.15, 0.2) is 122 Å². The lowest BCUT2D eigenvalue weighted by atomic mass is 10.1. The molecule has 0 saturated heterocycles. The molecule has 0 saturated carbocycles. The van der Waals surface area contributed by atoms with Gasteiger partial charge in [-0.3, -0.25) is 9.59 Å². The summed E-state index contributed by atoms with van der Waals surface area (Å²) in [5, 5.41) is 9.57. The molecule has 1 N–H and O–H groups in total. The molecule has 302 valence electrons. The maximum atomic E-state index is 12.2. The lowest BCUT2D eigenvalue weighted by Gasteiger charge is -2.15. The minimum absolute atomic E-state index is 0.103. The molecule has 0 aromatic heterocycles. The van der Waals surface area contributed by atoms with E-state index in [4.69, 9.17) is 9.47 Å². The largest absolute Gasteiger partial charge is 0.462 e. The van der Waals surface area contributed by atoms with Crippen molar-refractivity contribution in [3.63, 3.8) is 0 Å². The molecule has 0 aromatic carbocycles. The highest BCUT2D eigenvalue weighted by atomic mass is 16.6. The van der Waals surface area contributed by atoms with E-state index in [1.165, 1.54) is 25.7 Å². The van der Waals surface area contributed by atoms with Gasteiger partial charge in [-0.1, -0.05) is 167 Å². The Labute approximate surface area is 331 Å². The number of aliphatic hydroxyl groups is 1. The lowest BCUT2D eigenvalue weighted by molar-refractivity contribution is -0.161. The molecule has 0 fully saturated rings. The summed E-state index contributed by atoms with van der Waals surface area (Å²) in [7, 11) is 0. The van der Waals surface area contributed by atoms with Gasteiger partial charge in [0, 0.05) is 12.8 Å². The van der Waals surface area contributed by atoms with E-state index < -0.39 is 6.10 Å². The molecule has 5 heteroatoms. The number of unbranched alkanes of at least 4 members (excludes halogenated alkanes) is 8. The summed E-state index contributed by atoms with van der Waals surface area (Å²) in [6, 6.07) is 0. The summed E-state index contributed by atoms with van der Waals surface area (Å²) in [4.78, 5) is 24.3. The molecule has 54 heavy (non-hydrogen) atoms. The smallest absolute Gasteiger partial charge is 0.306 e. The van der Waals surface area contributed by atoms with Crippen LogP contribution in [-0.2, 0) is 19.1 Å². The Morgan fingerprint density at radius 2 is 0.759 bits per heavy atom. The van der Waals surface area contributed by atoms with Gasteiger partial charge in [-0.15, -0.1) is 0 Å². The van der Waals surface area contributed by atoms with Crippen LogP contribution >= 0.6 is 0 Å². The third-order valence-corrected chi connectivity index (χ3v) is 8.25. The van der Waals surface area contributed by atoms with Crippen molar-refractivity contribution in [2.24, 2.45) is 0 Å². The summed E-state index contributed by atoms with van der Waals surface area (Å²) in [6.45, 7) is 3.84. The SMILES string of the molecule is CC/C=C\C/C=C\C/C=C\C/C=C\C/C=C\C/C=C\C/C=C\CCCC(=O)OC(CO)COC(=O)CCCCCCCCC/C=C\C/C=C\C/C=C\CC. The van der Waals surface area contributed by atoms with Gasteiger partial charge >= 0.3 is 11.9 Å². The third kappa shape index (κ3) is 41.1. The molecule has 0 amide bonds. The number of hydrogen-bond acceptors (Lipinski definition) is 5. The van der Waals surface area contributed by atoms with Crippen LogP contribution < -0.4 is 0 Å². The van der Waals surface area contributed by atoms with Gasteiger partial charge in [0.1, 0.15) is 6.61 Å². The quantitative estimate of drug-likeness (QED) is 0.0393. The first-order valence-corrected chi connectivity index (χ1v) is 21.1. The Kier molecular flexibility index (Phi) is 40.7. The zero-order chi connectivity index (χ0) is 39.3. The van der Waals surface area contributed by atoms with Gasteiger partial charge in [0.05, 0.1) is 6.61 Å². The highest BCUT2D eigenvalue weighted by molar-refractivity contribution is 5.70. The second kappa shape index (κ2) is 43.7. The van der Waals surface area contributed by atoms with E-state index in [2.05, 4.69) is 135 Å². The molecule has 1 unspecified atom stereocenters. The summed E-state index contributed by atoms with van der Waals surface area (Å²) in [5.41, 5.74) is 0. The fraction of sp³-hybridized carbons (Fsp3) is 0.551. The monoisotopic (exact) mass is 745 g/mol. The van der Waals surface area contributed by atoms with E-state index in [1.807, 2.05) is 0 Å². The zero-order valence-electron chi connectivity index (χ0n) is 34.2. The van der Waals surface area contributed by atoms with Crippen molar-refractivity contribution in [2.45, 2.75) is 161 Å². The average Bonchev–Trinajstić information content (AvgIpc) is 3.17. The third-order valence-electron chi connectivity index (χ3n) is 8.25. The molecular weight excluding hydrogens is 669 g/mol. The van der Waals surface area contributed by atoms with Gasteiger partial charge in [-0.2, -0.15) is 0 Å². The molecule has 0 spiro atoms. The van der Waals surface area contributed by atoms with E-state index >= 15 is 0 Å². The normalized spacial score (nSPS) is 13.5. The predicted molar refractivity (Wildman–Crippen MR) is 232 cm³/mol. The number of hydrogen-bond donors (Lipinski definition) is 1. The van der Waals surface area contributed by atoms with E-state index in [0.29, 0.717) is 12.8 Å². The van der Waals surface area contributed by atoms with Crippen LogP contribution in [0.4, 0.5) is 0 Å². The zero-order valence-corrected chi connectivity index (χ0v) is 34.2. The number of carbonyl (C=O) groups is 2. The average molecular weight is 745 g/mol. The van der Waals surface area contributed by atoms with Crippen molar-refractivity contribution in [3.05, 3.63) is 122 Å². The summed E-state index contributed by atoms with van der Waals surface area (Å²) >= 11 is 0. The Bertz CT molecular complexity index is 1160. The van der Waals surface area contributed by atoms with Crippen molar-refractivity contribution in [3.8, 4) is 0 Å². The Morgan fingerprint density at radius 3 is 1.17 bits per heavy atom. The van der Waals surface area contributed by atoms with Crippen LogP contribution in [-0.4, -0.2) is 36.4 Å².